The van der Waals surface area contributed by atoms with Gasteiger partial charge in [0.2, 0.25) is 0 Å². The Morgan fingerprint density at radius 1 is 1.37 bits per heavy atom. The highest BCUT2D eigenvalue weighted by atomic mass is 15.0. The molecule has 19 heavy (non-hydrogen) atoms. The van der Waals surface area contributed by atoms with E-state index in [1.165, 1.54) is 48.0 Å². The highest BCUT2D eigenvalue weighted by molar-refractivity contribution is 5.89. The normalized spacial score (nSPS) is 15.9. The van der Waals surface area contributed by atoms with E-state index >= 15 is 0 Å². The van der Waals surface area contributed by atoms with Crippen LogP contribution in [0.25, 0.3) is 10.9 Å². The highest BCUT2D eigenvalue weighted by Gasteiger charge is 2.23. The van der Waals surface area contributed by atoms with Gasteiger partial charge in [-0.25, -0.2) is 0 Å². The number of para-hydroxylation sites is 1. The number of benzene rings is 1. The smallest absolute Gasteiger partial charge is 0.0517 e. The first-order valence-corrected chi connectivity index (χ1v) is 7.53. The second kappa shape index (κ2) is 5.01. The Morgan fingerprint density at radius 2 is 2.21 bits per heavy atom. The molecule has 2 aromatic rings. The Morgan fingerprint density at radius 3 is 2.95 bits per heavy atom. The molecule has 0 spiro atoms. The molecule has 1 atom stereocenters. The lowest BCUT2D eigenvalue weighted by atomic mass is 9.93. The molecule has 0 amide bonds. The van der Waals surface area contributed by atoms with Crippen molar-refractivity contribution in [1.29, 1.82) is 0 Å². The van der Waals surface area contributed by atoms with Crippen molar-refractivity contribution < 1.29 is 0 Å². The molecule has 0 fully saturated rings. The van der Waals surface area contributed by atoms with Crippen molar-refractivity contribution >= 4 is 10.9 Å². The molecule has 0 saturated heterocycles. The number of aryl methyl sites for hydroxylation is 2. The van der Waals surface area contributed by atoms with E-state index in [1.54, 1.807) is 5.56 Å². The molecule has 1 aliphatic rings. The third-order valence-corrected chi connectivity index (χ3v) is 4.65. The average molecular weight is 256 g/mol. The molecule has 0 radical (unpaired) electrons. The summed E-state index contributed by atoms with van der Waals surface area (Å²) < 4.78 is 2.56. The molecule has 0 aliphatic carbocycles. The van der Waals surface area contributed by atoms with Gasteiger partial charge < -0.3 is 9.88 Å². The lowest BCUT2D eigenvalue weighted by molar-refractivity contribution is 0.592. The van der Waals surface area contributed by atoms with Crippen LogP contribution >= 0.6 is 0 Å². The minimum atomic E-state index is 0.627. The second-order valence-corrected chi connectivity index (χ2v) is 5.73. The lowest BCUT2D eigenvalue weighted by Crippen LogP contribution is -2.17. The zero-order chi connectivity index (χ0) is 13.4. The Kier molecular flexibility index (Phi) is 3.36. The quantitative estimate of drug-likeness (QED) is 0.884. The van der Waals surface area contributed by atoms with Crippen LogP contribution in [0.2, 0.25) is 0 Å². The Bertz CT molecular complexity index is 595. The van der Waals surface area contributed by atoms with Gasteiger partial charge in [-0.3, -0.25) is 0 Å². The van der Waals surface area contributed by atoms with Gasteiger partial charge in [0.1, 0.15) is 0 Å². The fourth-order valence-corrected chi connectivity index (χ4v) is 3.76. The van der Waals surface area contributed by atoms with Crippen molar-refractivity contribution in [3.8, 4) is 0 Å². The zero-order valence-electron chi connectivity index (χ0n) is 12.3. The van der Waals surface area contributed by atoms with Crippen molar-refractivity contribution in [3.63, 3.8) is 0 Å². The first kappa shape index (κ1) is 12.7. The summed E-state index contributed by atoms with van der Waals surface area (Å²) in [6.45, 7) is 6.87. The Balaban J connectivity index is 2.25. The molecule has 1 aliphatic heterocycles. The van der Waals surface area contributed by atoms with E-state index in [-0.39, 0.29) is 0 Å². The van der Waals surface area contributed by atoms with E-state index in [1.807, 2.05) is 0 Å². The Hall–Kier alpha value is -1.28. The summed E-state index contributed by atoms with van der Waals surface area (Å²) in [4.78, 5) is 0. The number of nitrogens with one attached hydrogen (secondary N) is 1. The van der Waals surface area contributed by atoms with E-state index in [2.05, 4.69) is 49.0 Å². The van der Waals surface area contributed by atoms with E-state index in [0.717, 1.165) is 6.54 Å². The van der Waals surface area contributed by atoms with Gasteiger partial charge in [-0.2, -0.15) is 0 Å². The largest absolute Gasteiger partial charge is 0.344 e. The van der Waals surface area contributed by atoms with E-state index in [4.69, 9.17) is 0 Å². The summed E-state index contributed by atoms with van der Waals surface area (Å²) in [6.07, 6.45) is 3.72. The molecule has 0 saturated carbocycles. The third kappa shape index (κ3) is 1.90. The van der Waals surface area contributed by atoms with Gasteiger partial charge in [-0.15, -0.1) is 0 Å². The number of aromatic nitrogens is 1. The van der Waals surface area contributed by atoms with Crippen LogP contribution in [-0.4, -0.2) is 18.2 Å². The molecular weight excluding hydrogens is 232 g/mol. The standard InChI is InChI=1S/C17H24N2/c1-4-13(11-18-3)16-12(2)19-10-6-8-14-7-5-9-15(16)17(14)19/h5,7,9,13,18H,4,6,8,10-11H2,1-3H3. The fourth-order valence-electron chi connectivity index (χ4n) is 3.76. The second-order valence-electron chi connectivity index (χ2n) is 5.73. The molecule has 2 nitrogen and oxygen atoms in total. The number of nitrogens with zero attached hydrogens (tertiary/aromatic N) is 1. The van der Waals surface area contributed by atoms with Crippen LogP contribution in [-0.2, 0) is 13.0 Å². The predicted molar refractivity (Wildman–Crippen MR) is 82.0 cm³/mol. The first-order valence-electron chi connectivity index (χ1n) is 7.53. The van der Waals surface area contributed by atoms with Crippen LogP contribution in [0.1, 0.15) is 42.5 Å². The van der Waals surface area contributed by atoms with Gasteiger partial charge in [-0.05, 0) is 50.3 Å². The third-order valence-electron chi connectivity index (χ3n) is 4.65. The minimum Gasteiger partial charge on any atom is -0.344 e. The van der Waals surface area contributed by atoms with Gasteiger partial charge in [0.25, 0.3) is 0 Å². The van der Waals surface area contributed by atoms with Gasteiger partial charge in [0.15, 0.2) is 0 Å². The monoisotopic (exact) mass is 256 g/mol. The summed E-state index contributed by atoms with van der Waals surface area (Å²) in [5.74, 6) is 0.627. The van der Waals surface area contributed by atoms with Crippen LogP contribution in [0.5, 0.6) is 0 Å². The minimum absolute atomic E-state index is 0.627. The number of rotatable bonds is 4. The van der Waals surface area contributed by atoms with Gasteiger partial charge in [0, 0.05) is 24.2 Å². The first-order chi connectivity index (χ1) is 9.27. The Labute approximate surface area is 115 Å². The van der Waals surface area contributed by atoms with E-state index < -0.39 is 0 Å². The molecule has 0 bridgehead atoms. The van der Waals surface area contributed by atoms with Crippen LogP contribution in [0.4, 0.5) is 0 Å². The average Bonchev–Trinajstić information content (AvgIpc) is 2.72. The zero-order valence-corrected chi connectivity index (χ0v) is 12.3. The van der Waals surface area contributed by atoms with E-state index in [9.17, 15) is 0 Å². The number of hydrogen-bond donors (Lipinski definition) is 1. The van der Waals surface area contributed by atoms with Gasteiger partial charge in [-0.1, -0.05) is 25.1 Å². The molecule has 1 unspecified atom stereocenters. The molecule has 102 valence electrons. The van der Waals surface area contributed by atoms with Gasteiger partial charge in [0.05, 0.1) is 5.52 Å². The topological polar surface area (TPSA) is 17.0 Å². The molecule has 1 aromatic heterocycles. The molecule has 2 heteroatoms. The van der Waals surface area contributed by atoms with Crippen molar-refractivity contribution in [2.75, 3.05) is 13.6 Å². The molecule has 1 N–H and O–H groups in total. The summed E-state index contributed by atoms with van der Waals surface area (Å²) >= 11 is 0. The van der Waals surface area contributed by atoms with Crippen molar-refractivity contribution in [3.05, 3.63) is 35.0 Å². The van der Waals surface area contributed by atoms with Crippen molar-refractivity contribution in [2.24, 2.45) is 0 Å². The van der Waals surface area contributed by atoms with E-state index in [0.29, 0.717) is 5.92 Å². The van der Waals surface area contributed by atoms with Crippen molar-refractivity contribution in [2.45, 2.75) is 45.6 Å². The maximum atomic E-state index is 3.36. The number of hydrogen-bond acceptors (Lipinski definition) is 1. The number of likely N-dealkylation sites (N-methyl/N-ethyl adjacent to an activating group) is 1. The summed E-state index contributed by atoms with van der Waals surface area (Å²) in [6, 6.07) is 6.86. The SMILES string of the molecule is CCC(CNC)c1c(C)n2c3c(cccc13)CCC2. The molecule has 2 heterocycles. The molecule has 3 rings (SSSR count). The highest BCUT2D eigenvalue weighted by Crippen LogP contribution is 2.37. The maximum absolute atomic E-state index is 3.36. The summed E-state index contributed by atoms with van der Waals surface area (Å²) in [5.41, 5.74) is 6.12. The predicted octanol–water partition coefficient (Wildman–Crippen LogP) is 3.61. The van der Waals surface area contributed by atoms with Gasteiger partial charge >= 0.3 is 0 Å². The fraction of sp³-hybridized carbons (Fsp3) is 0.529. The van der Waals surface area contributed by atoms with Crippen LogP contribution in [0.15, 0.2) is 18.2 Å². The molecule has 1 aromatic carbocycles. The lowest BCUT2D eigenvalue weighted by Gasteiger charge is -2.17. The van der Waals surface area contributed by atoms with Crippen LogP contribution in [0, 0.1) is 6.92 Å². The molecular formula is C17H24N2. The summed E-state index contributed by atoms with van der Waals surface area (Å²) in [5, 5.41) is 4.85. The van der Waals surface area contributed by atoms with Crippen LogP contribution < -0.4 is 5.32 Å². The maximum Gasteiger partial charge on any atom is 0.0517 e. The van der Waals surface area contributed by atoms with Crippen molar-refractivity contribution in [1.82, 2.24) is 9.88 Å². The summed E-state index contributed by atoms with van der Waals surface area (Å²) in [7, 11) is 2.06. The van der Waals surface area contributed by atoms with Crippen LogP contribution in [0.3, 0.4) is 0 Å².